The van der Waals surface area contributed by atoms with E-state index in [1.165, 1.54) is 0 Å². The standard InChI is InChI=1S/C16H16Br3NO/c1-2-7-21-16-6-4-12(17)8-11(16)10-20-15-9-13(18)3-5-14(15)19/h3-6,8-9,20H,2,7,10H2,1H3. The summed E-state index contributed by atoms with van der Waals surface area (Å²) in [4.78, 5) is 0. The van der Waals surface area contributed by atoms with Crippen molar-refractivity contribution in [3.8, 4) is 5.75 Å². The normalized spacial score (nSPS) is 10.5. The molecular formula is C16H16Br3NO. The smallest absolute Gasteiger partial charge is 0.124 e. The van der Waals surface area contributed by atoms with Crippen molar-refractivity contribution >= 4 is 53.5 Å². The zero-order chi connectivity index (χ0) is 15.2. The maximum absolute atomic E-state index is 5.80. The molecule has 0 unspecified atom stereocenters. The van der Waals surface area contributed by atoms with Gasteiger partial charge in [-0.3, -0.25) is 0 Å². The van der Waals surface area contributed by atoms with Crippen LogP contribution < -0.4 is 10.1 Å². The molecule has 2 nitrogen and oxygen atoms in total. The number of nitrogens with one attached hydrogen (secondary N) is 1. The molecular weight excluding hydrogens is 462 g/mol. The quantitative estimate of drug-likeness (QED) is 0.521. The lowest BCUT2D eigenvalue weighted by molar-refractivity contribution is 0.314. The maximum atomic E-state index is 5.80. The van der Waals surface area contributed by atoms with E-state index < -0.39 is 0 Å². The van der Waals surface area contributed by atoms with Gasteiger partial charge in [-0.1, -0.05) is 38.8 Å². The molecule has 0 bridgehead atoms. The van der Waals surface area contributed by atoms with Crippen molar-refractivity contribution in [2.45, 2.75) is 19.9 Å². The van der Waals surface area contributed by atoms with Gasteiger partial charge < -0.3 is 10.1 Å². The van der Waals surface area contributed by atoms with Gasteiger partial charge in [0.25, 0.3) is 0 Å². The average Bonchev–Trinajstić information content (AvgIpc) is 2.47. The molecule has 0 fully saturated rings. The molecule has 0 spiro atoms. The second kappa shape index (κ2) is 8.20. The first kappa shape index (κ1) is 16.8. The van der Waals surface area contributed by atoms with Gasteiger partial charge in [-0.05, 0) is 58.7 Å². The molecule has 0 atom stereocenters. The van der Waals surface area contributed by atoms with Crippen LogP contribution in [0.2, 0.25) is 0 Å². The number of halogens is 3. The zero-order valence-corrected chi connectivity index (χ0v) is 16.4. The minimum Gasteiger partial charge on any atom is -0.493 e. The molecule has 2 rings (SSSR count). The van der Waals surface area contributed by atoms with Gasteiger partial charge in [0.1, 0.15) is 5.75 Å². The van der Waals surface area contributed by atoms with Gasteiger partial charge in [0, 0.05) is 31.2 Å². The number of hydrogen-bond acceptors (Lipinski definition) is 2. The van der Waals surface area contributed by atoms with Crippen LogP contribution in [0.15, 0.2) is 49.8 Å². The minimum atomic E-state index is 0.702. The highest BCUT2D eigenvalue weighted by molar-refractivity contribution is 9.11. The molecule has 1 N–H and O–H groups in total. The zero-order valence-electron chi connectivity index (χ0n) is 11.6. The lowest BCUT2D eigenvalue weighted by Crippen LogP contribution is -2.04. The fraction of sp³-hybridized carbons (Fsp3) is 0.250. The van der Waals surface area contributed by atoms with Gasteiger partial charge >= 0.3 is 0 Å². The molecule has 0 aliphatic carbocycles. The van der Waals surface area contributed by atoms with E-state index >= 15 is 0 Å². The van der Waals surface area contributed by atoms with Crippen LogP contribution in [0.3, 0.4) is 0 Å². The van der Waals surface area contributed by atoms with Gasteiger partial charge in [0.05, 0.1) is 6.61 Å². The van der Waals surface area contributed by atoms with Crippen molar-refractivity contribution in [2.24, 2.45) is 0 Å². The molecule has 0 saturated heterocycles. The Bertz CT molecular complexity index is 616. The molecule has 0 aromatic heterocycles. The van der Waals surface area contributed by atoms with Crippen LogP contribution in [0, 0.1) is 0 Å². The molecule has 0 amide bonds. The van der Waals surface area contributed by atoms with Crippen molar-refractivity contribution in [1.29, 1.82) is 0 Å². The summed E-state index contributed by atoms with van der Waals surface area (Å²) in [5, 5.41) is 3.44. The Morgan fingerprint density at radius 2 is 1.71 bits per heavy atom. The van der Waals surface area contributed by atoms with E-state index in [1.807, 2.05) is 24.3 Å². The highest BCUT2D eigenvalue weighted by Crippen LogP contribution is 2.29. The molecule has 5 heteroatoms. The Hall–Kier alpha value is -0.520. The minimum absolute atomic E-state index is 0.702. The Balaban J connectivity index is 2.14. The Morgan fingerprint density at radius 3 is 2.48 bits per heavy atom. The molecule has 0 heterocycles. The monoisotopic (exact) mass is 475 g/mol. The molecule has 2 aromatic carbocycles. The van der Waals surface area contributed by atoms with E-state index in [1.54, 1.807) is 0 Å². The highest BCUT2D eigenvalue weighted by atomic mass is 79.9. The van der Waals surface area contributed by atoms with Gasteiger partial charge in [0.15, 0.2) is 0 Å². The molecule has 0 aliphatic heterocycles. The molecule has 0 aliphatic rings. The summed E-state index contributed by atoms with van der Waals surface area (Å²) in [5.41, 5.74) is 2.18. The third kappa shape index (κ3) is 5.01. The summed E-state index contributed by atoms with van der Waals surface area (Å²) in [6, 6.07) is 12.2. The fourth-order valence-electron chi connectivity index (χ4n) is 1.86. The van der Waals surface area contributed by atoms with E-state index in [9.17, 15) is 0 Å². The van der Waals surface area contributed by atoms with Crippen LogP contribution in [0.5, 0.6) is 5.75 Å². The molecule has 21 heavy (non-hydrogen) atoms. The Morgan fingerprint density at radius 1 is 1.00 bits per heavy atom. The summed E-state index contributed by atoms with van der Waals surface area (Å²) in [7, 11) is 0. The predicted octanol–water partition coefficient (Wildman–Crippen LogP) is 6.38. The van der Waals surface area contributed by atoms with Crippen molar-refractivity contribution < 1.29 is 4.74 Å². The van der Waals surface area contributed by atoms with Crippen molar-refractivity contribution in [2.75, 3.05) is 11.9 Å². The van der Waals surface area contributed by atoms with Gasteiger partial charge in [-0.15, -0.1) is 0 Å². The van der Waals surface area contributed by atoms with Crippen molar-refractivity contribution in [3.63, 3.8) is 0 Å². The number of ether oxygens (including phenoxy) is 1. The van der Waals surface area contributed by atoms with Crippen LogP contribution in [0.4, 0.5) is 5.69 Å². The summed E-state index contributed by atoms with van der Waals surface area (Å²) >= 11 is 10.6. The van der Waals surface area contributed by atoms with E-state index in [0.717, 1.165) is 43.4 Å². The van der Waals surface area contributed by atoms with Gasteiger partial charge in [0.2, 0.25) is 0 Å². The summed E-state index contributed by atoms with van der Waals surface area (Å²) in [6.45, 7) is 3.54. The van der Waals surface area contributed by atoms with E-state index in [-0.39, 0.29) is 0 Å². The van der Waals surface area contributed by atoms with Crippen LogP contribution in [0.1, 0.15) is 18.9 Å². The summed E-state index contributed by atoms with van der Waals surface area (Å²) < 4.78 is 8.94. The fourth-order valence-corrected chi connectivity index (χ4v) is 3.02. The highest BCUT2D eigenvalue weighted by Gasteiger charge is 2.06. The summed E-state index contributed by atoms with van der Waals surface area (Å²) in [6.07, 6.45) is 1.00. The number of hydrogen-bond donors (Lipinski definition) is 1. The lowest BCUT2D eigenvalue weighted by Gasteiger charge is -2.14. The van der Waals surface area contributed by atoms with Crippen LogP contribution in [-0.2, 0) is 6.54 Å². The molecule has 112 valence electrons. The third-order valence-corrected chi connectivity index (χ3v) is 4.56. The van der Waals surface area contributed by atoms with E-state index in [0.29, 0.717) is 6.54 Å². The first-order valence-corrected chi connectivity index (χ1v) is 9.08. The molecule has 2 aromatic rings. The largest absolute Gasteiger partial charge is 0.493 e. The van der Waals surface area contributed by atoms with Crippen LogP contribution >= 0.6 is 47.8 Å². The predicted molar refractivity (Wildman–Crippen MR) is 99.1 cm³/mol. The Labute approximate surface area is 150 Å². The molecule has 0 radical (unpaired) electrons. The summed E-state index contributed by atoms with van der Waals surface area (Å²) in [5.74, 6) is 0.929. The third-order valence-electron chi connectivity index (χ3n) is 2.88. The number of benzene rings is 2. The van der Waals surface area contributed by atoms with Gasteiger partial charge in [-0.25, -0.2) is 0 Å². The first-order chi connectivity index (χ1) is 10.1. The topological polar surface area (TPSA) is 21.3 Å². The van der Waals surface area contributed by atoms with Crippen molar-refractivity contribution in [1.82, 2.24) is 0 Å². The second-order valence-electron chi connectivity index (χ2n) is 4.58. The Kier molecular flexibility index (Phi) is 6.58. The van der Waals surface area contributed by atoms with E-state index in [4.69, 9.17) is 4.74 Å². The second-order valence-corrected chi connectivity index (χ2v) is 7.26. The number of anilines is 1. The van der Waals surface area contributed by atoms with Crippen LogP contribution in [0.25, 0.3) is 0 Å². The first-order valence-electron chi connectivity index (χ1n) is 6.70. The number of rotatable bonds is 6. The van der Waals surface area contributed by atoms with Crippen LogP contribution in [-0.4, -0.2) is 6.61 Å². The average molecular weight is 478 g/mol. The van der Waals surface area contributed by atoms with Crippen molar-refractivity contribution in [3.05, 3.63) is 55.4 Å². The van der Waals surface area contributed by atoms with Gasteiger partial charge in [-0.2, -0.15) is 0 Å². The lowest BCUT2D eigenvalue weighted by atomic mass is 10.2. The van der Waals surface area contributed by atoms with E-state index in [2.05, 4.69) is 72.2 Å². The molecule has 0 saturated carbocycles. The maximum Gasteiger partial charge on any atom is 0.124 e. The SMILES string of the molecule is CCCOc1ccc(Br)cc1CNc1cc(Br)ccc1Br.